The second-order valence-electron chi connectivity index (χ2n) is 6.10. The number of rotatable bonds is 6. The maximum atomic E-state index is 12.2. The molecule has 6 nitrogen and oxygen atoms in total. The van der Waals surface area contributed by atoms with Gasteiger partial charge in [0.05, 0.1) is 12.3 Å². The van der Waals surface area contributed by atoms with E-state index in [1.54, 1.807) is 16.0 Å². The molecule has 130 valence electrons. The van der Waals surface area contributed by atoms with Crippen molar-refractivity contribution in [1.82, 2.24) is 25.5 Å². The lowest BCUT2D eigenvalue weighted by Crippen LogP contribution is -2.36. The number of tetrazole rings is 1. The molecule has 0 radical (unpaired) electrons. The largest absolute Gasteiger partial charge is 0.353 e. The Morgan fingerprint density at radius 3 is 2.83 bits per heavy atom. The number of nitrogens with zero attached hydrogens (tertiary/aromatic N) is 4. The lowest BCUT2D eigenvalue weighted by Gasteiger charge is -2.20. The Morgan fingerprint density at radius 2 is 2.08 bits per heavy atom. The van der Waals surface area contributed by atoms with E-state index in [4.69, 9.17) is 0 Å². The van der Waals surface area contributed by atoms with E-state index >= 15 is 0 Å². The van der Waals surface area contributed by atoms with Gasteiger partial charge in [-0.05, 0) is 34.7 Å². The fraction of sp³-hybridized carbons (Fsp3) is 0.625. The topological polar surface area (TPSA) is 72.7 Å². The zero-order valence-electron chi connectivity index (χ0n) is 13.7. The summed E-state index contributed by atoms with van der Waals surface area (Å²) in [5, 5.41) is 17.7. The predicted octanol–water partition coefficient (Wildman–Crippen LogP) is 3.10. The summed E-state index contributed by atoms with van der Waals surface area (Å²) in [5.41, 5.74) is 0. The SMILES string of the molecule is O=C(CSc1nnnn1Cc1cccs1)NC1CCCCCCC1. The van der Waals surface area contributed by atoms with Crippen LogP contribution in [-0.2, 0) is 11.3 Å². The third-order valence-corrected chi connectivity index (χ3v) is 6.01. The third kappa shape index (κ3) is 5.31. The summed E-state index contributed by atoms with van der Waals surface area (Å²) in [6, 6.07) is 4.40. The highest BCUT2D eigenvalue weighted by atomic mass is 32.2. The molecular formula is C16H23N5OS2. The maximum Gasteiger partial charge on any atom is 0.230 e. The fourth-order valence-electron chi connectivity index (χ4n) is 2.95. The number of hydrogen-bond donors (Lipinski definition) is 1. The number of aromatic nitrogens is 4. The molecule has 0 bridgehead atoms. The van der Waals surface area contributed by atoms with Crippen molar-refractivity contribution in [3.05, 3.63) is 22.4 Å². The highest BCUT2D eigenvalue weighted by molar-refractivity contribution is 7.99. The van der Waals surface area contributed by atoms with Gasteiger partial charge in [-0.1, -0.05) is 49.9 Å². The van der Waals surface area contributed by atoms with Crippen LogP contribution in [0.3, 0.4) is 0 Å². The molecule has 2 aromatic rings. The van der Waals surface area contributed by atoms with E-state index in [1.807, 2.05) is 11.4 Å². The number of thioether (sulfide) groups is 1. The summed E-state index contributed by atoms with van der Waals surface area (Å²) < 4.78 is 1.75. The number of thiophene rings is 1. The highest BCUT2D eigenvalue weighted by Gasteiger charge is 2.15. The Hall–Kier alpha value is -1.41. The second-order valence-corrected chi connectivity index (χ2v) is 8.07. The van der Waals surface area contributed by atoms with Crippen LogP contribution in [0.15, 0.2) is 22.7 Å². The van der Waals surface area contributed by atoms with Crippen molar-refractivity contribution >= 4 is 29.0 Å². The van der Waals surface area contributed by atoms with Crippen LogP contribution >= 0.6 is 23.1 Å². The summed E-state index contributed by atoms with van der Waals surface area (Å²) in [4.78, 5) is 13.4. The quantitative estimate of drug-likeness (QED) is 0.796. The Balaban J connectivity index is 1.46. The first kappa shape index (κ1) is 17.4. The molecule has 0 saturated heterocycles. The maximum absolute atomic E-state index is 12.2. The average molecular weight is 366 g/mol. The Kier molecular flexibility index (Phi) is 6.66. The van der Waals surface area contributed by atoms with Crippen LogP contribution in [0.1, 0.15) is 49.8 Å². The van der Waals surface area contributed by atoms with Gasteiger partial charge in [-0.25, -0.2) is 4.68 Å². The van der Waals surface area contributed by atoms with Crippen molar-refractivity contribution in [2.45, 2.75) is 62.7 Å². The average Bonchev–Trinajstić information content (AvgIpc) is 3.20. The molecule has 0 aromatic carbocycles. The Bertz CT molecular complexity index is 620. The zero-order valence-corrected chi connectivity index (χ0v) is 15.3. The van der Waals surface area contributed by atoms with Gasteiger partial charge in [0.25, 0.3) is 0 Å². The molecule has 1 saturated carbocycles. The number of hydrogen-bond acceptors (Lipinski definition) is 6. The van der Waals surface area contributed by atoms with Crippen molar-refractivity contribution in [2.24, 2.45) is 0 Å². The molecule has 0 atom stereocenters. The number of carbonyl (C=O) groups is 1. The van der Waals surface area contributed by atoms with E-state index in [-0.39, 0.29) is 5.91 Å². The first-order valence-corrected chi connectivity index (χ1v) is 10.4. The summed E-state index contributed by atoms with van der Waals surface area (Å²) in [7, 11) is 0. The van der Waals surface area contributed by atoms with Crippen molar-refractivity contribution in [1.29, 1.82) is 0 Å². The van der Waals surface area contributed by atoms with Crippen LogP contribution in [0, 0.1) is 0 Å². The molecule has 2 heterocycles. The summed E-state index contributed by atoms with van der Waals surface area (Å²) >= 11 is 3.08. The van der Waals surface area contributed by atoms with E-state index in [0.717, 1.165) is 12.8 Å². The molecule has 0 spiro atoms. The van der Waals surface area contributed by atoms with Gasteiger partial charge in [0.1, 0.15) is 0 Å². The second kappa shape index (κ2) is 9.17. The molecule has 0 unspecified atom stereocenters. The van der Waals surface area contributed by atoms with E-state index in [9.17, 15) is 4.79 Å². The standard InChI is InChI=1S/C16H23N5OS2/c22-15(17-13-7-4-2-1-3-5-8-13)12-24-16-18-19-20-21(16)11-14-9-6-10-23-14/h6,9-10,13H,1-5,7-8,11-12H2,(H,17,22). The Labute approximate surface area is 150 Å². The lowest BCUT2D eigenvalue weighted by molar-refractivity contribution is -0.119. The zero-order chi connectivity index (χ0) is 16.6. The van der Waals surface area contributed by atoms with Gasteiger partial charge < -0.3 is 5.32 Å². The monoisotopic (exact) mass is 365 g/mol. The van der Waals surface area contributed by atoms with Gasteiger partial charge in [-0.15, -0.1) is 16.4 Å². The van der Waals surface area contributed by atoms with Gasteiger partial charge in [0.15, 0.2) is 0 Å². The van der Waals surface area contributed by atoms with E-state index < -0.39 is 0 Å². The number of carbonyl (C=O) groups excluding carboxylic acids is 1. The van der Waals surface area contributed by atoms with Gasteiger partial charge in [-0.2, -0.15) is 0 Å². The highest BCUT2D eigenvalue weighted by Crippen LogP contribution is 2.19. The molecule has 3 rings (SSSR count). The molecular weight excluding hydrogens is 342 g/mol. The summed E-state index contributed by atoms with van der Waals surface area (Å²) in [5.74, 6) is 0.442. The predicted molar refractivity (Wildman–Crippen MR) is 96.2 cm³/mol. The van der Waals surface area contributed by atoms with Crippen molar-refractivity contribution in [2.75, 3.05) is 5.75 Å². The van der Waals surface area contributed by atoms with Crippen LogP contribution in [0.4, 0.5) is 0 Å². The minimum Gasteiger partial charge on any atom is -0.353 e. The normalized spacial score (nSPS) is 16.5. The first-order valence-electron chi connectivity index (χ1n) is 8.52. The Morgan fingerprint density at radius 1 is 1.29 bits per heavy atom. The lowest BCUT2D eigenvalue weighted by atomic mass is 9.97. The van der Waals surface area contributed by atoms with E-state index in [1.165, 1.54) is 48.7 Å². The molecule has 1 N–H and O–H groups in total. The van der Waals surface area contributed by atoms with Crippen molar-refractivity contribution < 1.29 is 4.79 Å². The molecule has 1 amide bonds. The molecule has 0 aliphatic heterocycles. The summed E-state index contributed by atoms with van der Waals surface area (Å²) in [6.07, 6.45) is 8.56. The molecule has 24 heavy (non-hydrogen) atoms. The number of amides is 1. The molecule has 1 aliphatic carbocycles. The fourth-order valence-corrected chi connectivity index (χ4v) is 4.32. The molecule has 8 heteroatoms. The van der Waals surface area contributed by atoms with E-state index in [0.29, 0.717) is 23.5 Å². The first-order chi connectivity index (χ1) is 11.8. The molecule has 1 fully saturated rings. The van der Waals surface area contributed by atoms with Crippen LogP contribution < -0.4 is 5.32 Å². The molecule has 1 aliphatic rings. The van der Waals surface area contributed by atoms with Gasteiger partial charge in [0, 0.05) is 10.9 Å². The van der Waals surface area contributed by atoms with Gasteiger partial charge >= 0.3 is 0 Å². The third-order valence-electron chi connectivity index (χ3n) is 4.19. The van der Waals surface area contributed by atoms with E-state index in [2.05, 4.69) is 26.9 Å². The molecule has 2 aromatic heterocycles. The minimum atomic E-state index is 0.0799. The van der Waals surface area contributed by atoms with Crippen molar-refractivity contribution in [3.8, 4) is 0 Å². The van der Waals surface area contributed by atoms with Crippen molar-refractivity contribution in [3.63, 3.8) is 0 Å². The van der Waals surface area contributed by atoms with Crippen LogP contribution in [-0.4, -0.2) is 37.9 Å². The van der Waals surface area contributed by atoms with Crippen LogP contribution in [0.25, 0.3) is 0 Å². The smallest absolute Gasteiger partial charge is 0.230 e. The number of nitrogens with one attached hydrogen (secondary N) is 1. The van der Waals surface area contributed by atoms with Gasteiger partial charge in [-0.3, -0.25) is 4.79 Å². The van der Waals surface area contributed by atoms with Crippen LogP contribution in [0.2, 0.25) is 0 Å². The van der Waals surface area contributed by atoms with Gasteiger partial charge in [0.2, 0.25) is 11.1 Å². The minimum absolute atomic E-state index is 0.0799. The van der Waals surface area contributed by atoms with Crippen LogP contribution in [0.5, 0.6) is 0 Å². The summed E-state index contributed by atoms with van der Waals surface area (Å²) in [6.45, 7) is 0.650.